The van der Waals surface area contributed by atoms with E-state index in [1.807, 2.05) is 29.2 Å². The number of nitro benzene ring substituents is 1. The third-order valence-electron chi connectivity index (χ3n) is 6.13. The minimum atomic E-state index is -4.10. The maximum absolute atomic E-state index is 13.5. The number of aliphatic hydroxyl groups is 1. The fraction of sp³-hybridized carbons (Fsp3) is 0.333. The maximum Gasteiger partial charge on any atom is 0.289 e. The van der Waals surface area contributed by atoms with Crippen molar-refractivity contribution in [1.29, 1.82) is 0 Å². The topological polar surface area (TPSA) is 104 Å². The van der Waals surface area contributed by atoms with Crippen LogP contribution in [-0.4, -0.2) is 65.5 Å². The average molecular weight is 508 g/mol. The standard InChI is InChI=1S/C21H22BrN3O5S/c1-2-11-23-13-21(20(18(23)12-26)15-7-9-16(22)10-8-15)14-24(21)31(29,30)19-6-4-3-5-17(19)25(27)28/h2-10,18,20,26H,1,11-14H2/t18-,20-,21-,24?/m1/s1. The number of rotatable bonds is 7. The smallest absolute Gasteiger partial charge is 0.289 e. The predicted octanol–water partition coefficient (Wildman–Crippen LogP) is 2.75. The van der Waals surface area contributed by atoms with Gasteiger partial charge in [-0.1, -0.05) is 46.3 Å². The molecule has 2 heterocycles. The van der Waals surface area contributed by atoms with Crippen LogP contribution in [0.3, 0.4) is 0 Å². The number of sulfonamides is 1. The average Bonchev–Trinajstić information content (AvgIpc) is 3.39. The van der Waals surface area contributed by atoms with Gasteiger partial charge in [0.1, 0.15) is 0 Å². The SMILES string of the molecule is C=CCN1C[C@@]2(CN2S(=O)(=O)c2ccccc2[N+](=O)[O-])[C@H](c2ccc(Br)cc2)[C@H]1CO. The van der Waals surface area contributed by atoms with E-state index in [0.717, 1.165) is 10.0 Å². The van der Waals surface area contributed by atoms with Crippen LogP contribution in [0.25, 0.3) is 0 Å². The third kappa shape index (κ3) is 3.62. The van der Waals surface area contributed by atoms with Crippen molar-refractivity contribution in [1.82, 2.24) is 9.21 Å². The van der Waals surface area contributed by atoms with Crippen molar-refractivity contribution in [2.24, 2.45) is 0 Å². The molecule has 164 valence electrons. The predicted molar refractivity (Wildman–Crippen MR) is 119 cm³/mol. The van der Waals surface area contributed by atoms with Crippen molar-refractivity contribution in [3.63, 3.8) is 0 Å². The summed E-state index contributed by atoms with van der Waals surface area (Å²) < 4.78 is 29.2. The summed E-state index contributed by atoms with van der Waals surface area (Å²) in [5.41, 5.74) is -0.314. The summed E-state index contributed by atoms with van der Waals surface area (Å²) in [6.07, 6.45) is 1.73. The number of para-hydroxylation sites is 1. The van der Waals surface area contributed by atoms with Crippen LogP contribution in [0.2, 0.25) is 0 Å². The van der Waals surface area contributed by atoms with E-state index in [0.29, 0.717) is 13.1 Å². The molecule has 31 heavy (non-hydrogen) atoms. The molecule has 1 spiro atoms. The second kappa shape index (κ2) is 8.10. The van der Waals surface area contributed by atoms with Gasteiger partial charge in [0.05, 0.1) is 17.1 Å². The van der Waals surface area contributed by atoms with Gasteiger partial charge in [0.2, 0.25) is 0 Å². The van der Waals surface area contributed by atoms with Gasteiger partial charge in [-0.3, -0.25) is 15.0 Å². The van der Waals surface area contributed by atoms with Crippen LogP contribution >= 0.6 is 15.9 Å². The number of hydrogen-bond donors (Lipinski definition) is 1. The molecule has 2 aliphatic rings. The lowest BCUT2D eigenvalue weighted by Gasteiger charge is -2.26. The van der Waals surface area contributed by atoms with Crippen molar-refractivity contribution in [2.75, 3.05) is 26.2 Å². The Bertz CT molecular complexity index is 1120. The van der Waals surface area contributed by atoms with E-state index < -0.39 is 26.2 Å². The monoisotopic (exact) mass is 507 g/mol. The highest BCUT2D eigenvalue weighted by molar-refractivity contribution is 9.10. The van der Waals surface area contributed by atoms with Crippen molar-refractivity contribution in [2.45, 2.75) is 22.4 Å². The zero-order valence-corrected chi connectivity index (χ0v) is 19.0. The Balaban J connectivity index is 1.79. The number of hydrogen-bond acceptors (Lipinski definition) is 6. The number of nitrogens with zero attached hydrogens (tertiary/aromatic N) is 3. The molecule has 2 saturated heterocycles. The van der Waals surface area contributed by atoms with E-state index in [1.54, 1.807) is 6.08 Å². The molecule has 0 bridgehead atoms. The second-order valence-electron chi connectivity index (χ2n) is 7.84. The summed E-state index contributed by atoms with van der Waals surface area (Å²) in [6, 6.07) is 12.7. The molecule has 1 unspecified atom stereocenters. The zero-order valence-electron chi connectivity index (χ0n) is 16.6. The van der Waals surface area contributed by atoms with E-state index in [2.05, 4.69) is 22.5 Å². The molecule has 4 atom stereocenters. The summed E-state index contributed by atoms with van der Waals surface area (Å²) in [4.78, 5) is 12.5. The van der Waals surface area contributed by atoms with Gasteiger partial charge in [-0.2, -0.15) is 4.31 Å². The van der Waals surface area contributed by atoms with Crippen LogP contribution in [0.5, 0.6) is 0 Å². The molecule has 2 aliphatic heterocycles. The Morgan fingerprint density at radius 2 is 1.90 bits per heavy atom. The Labute approximate surface area is 189 Å². The van der Waals surface area contributed by atoms with Crippen molar-refractivity contribution in [3.8, 4) is 0 Å². The normalized spacial score (nSPS) is 28.0. The lowest BCUT2D eigenvalue weighted by molar-refractivity contribution is -0.387. The molecule has 1 N–H and O–H groups in total. The Hall–Kier alpha value is -2.11. The molecular weight excluding hydrogens is 486 g/mol. The first-order valence-electron chi connectivity index (χ1n) is 9.74. The fourth-order valence-corrected chi connectivity index (χ4v) is 6.99. The molecule has 0 saturated carbocycles. The van der Waals surface area contributed by atoms with Gasteiger partial charge < -0.3 is 5.11 Å². The first-order valence-corrected chi connectivity index (χ1v) is 12.0. The van der Waals surface area contributed by atoms with Crippen LogP contribution in [0.1, 0.15) is 11.5 Å². The molecule has 2 aromatic rings. The molecule has 8 nitrogen and oxygen atoms in total. The number of aliphatic hydroxyl groups excluding tert-OH is 1. The highest BCUT2D eigenvalue weighted by Gasteiger charge is 2.69. The lowest BCUT2D eigenvalue weighted by atomic mass is 9.84. The molecule has 10 heteroatoms. The van der Waals surface area contributed by atoms with Gasteiger partial charge >= 0.3 is 0 Å². The summed E-state index contributed by atoms with van der Waals surface area (Å²) in [5.74, 6) is -0.289. The van der Waals surface area contributed by atoms with Crippen molar-refractivity contribution in [3.05, 3.63) is 81.3 Å². The minimum absolute atomic E-state index is 0.143. The van der Waals surface area contributed by atoms with Gasteiger partial charge in [0.25, 0.3) is 15.7 Å². The minimum Gasteiger partial charge on any atom is -0.395 e. The number of benzene rings is 2. The Kier molecular flexibility index (Phi) is 5.78. The number of halogens is 1. The lowest BCUT2D eigenvalue weighted by Crippen LogP contribution is -2.35. The molecular formula is C21H22BrN3O5S. The summed E-state index contributed by atoms with van der Waals surface area (Å²) in [7, 11) is -4.10. The fourth-order valence-electron chi connectivity index (χ4n) is 4.79. The van der Waals surface area contributed by atoms with Gasteiger partial charge in [0.15, 0.2) is 4.90 Å². The van der Waals surface area contributed by atoms with Gasteiger partial charge in [0, 0.05) is 42.1 Å². The highest BCUT2D eigenvalue weighted by Crippen LogP contribution is 2.55. The van der Waals surface area contributed by atoms with E-state index in [9.17, 15) is 23.6 Å². The summed E-state index contributed by atoms with van der Waals surface area (Å²) in [5, 5.41) is 21.6. The Morgan fingerprint density at radius 1 is 1.23 bits per heavy atom. The van der Waals surface area contributed by atoms with Gasteiger partial charge in [-0.15, -0.1) is 6.58 Å². The zero-order chi connectivity index (χ0) is 22.4. The Morgan fingerprint density at radius 3 is 2.52 bits per heavy atom. The molecule has 0 amide bonds. The maximum atomic E-state index is 13.5. The van der Waals surface area contributed by atoms with E-state index in [1.165, 1.54) is 28.6 Å². The molecule has 0 aromatic heterocycles. The molecule has 2 fully saturated rings. The van der Waals surface area contributed by atoms with Gasteiger partial charge in [-0.25, -0.2) is 8.42 Å². The van der Waals surface area contributed by atoms with E-state index in [4.69, 9.17) is 0 Å². The molecule has 2 aromatic carbocycles. The van der Waals surface area contributed by atoms with Crippen LogP contribution in [0.15, 0.2) is 70.6 Å². The van der Waals surface area contributed by atoms with Crippen LogP contribution < -0.4 is 0 Å². The van der Waals surface area contributed by atoms with Crippen molar-refractivity contribution >= 4 is 31.6 Å². The molecule has 4 rings (SSSR count). The third-order valence-corrected chi connectivity index (χ3v) is 8.63. The molecule has 0 aliphatic carbocycles. The second-order valence-corrected chi connectivity index (χ2v) is 10.6. The van der Waals surface area contributed by atoms with Gasteiger partial charge in [-0.05, 0) is 23.8 Å². The number of nitro groups is 1. The van der Waals surface area contributed by atoms with E-state index >= 15 is 0 Å². The van der Waals surface area contributed by atoms with Crippen LogP contribution in [0, 0.1) is 10.1 Å². The van der Waals surface area contributed by atoms with E-state index in [-0.39, 0.29) is 30.0 Å². The van der Waals surface area contributed by atoms with Crippen LogP contribution in [0.4, 0.5) is 5.69 Å². The van der Waals surface area contributed by atoms with Crippen LogP contribution in [-0.2, 0) is 10.0 Å². The molecule has 0 radical (unpaired) electrons. The largest absolute Gasteiger partial charge is 0.395 e. The highest BCUT2D eigenvalue weighted by atomic mass is 79.9. The first-order chi connectivity index (χ1) is 14.8. The summed E-state index contributed by atoms with van der Waals surface area (Å²) >= 11 is 3.42. The number of likely N-dealkylation sites (tertiary alicyclic amines) is 1. The first kappa shape index (κ1) is 22.1. The quantitative estimate of drug-likeness (QED) is 0.267. The summed E-state index contributed by atoms with van der Waals surface area (Å²) in [6.45, 7) is 4.77. The van der Waals surface area contributed by atoms with Crippen molar-refractivity contribution < 1.29 is 18.4 Å².